The first kappa shape index (κ1) is 28.8. The predicted octanol–water partition coefficient (Wildman–Crippen LogP) is 3.70. The van der Waals surface area contributed by atoms with Crippen molar-refractivity contribution in [3.63, 3.8) is 0 Å². The molecule has 1 aliphatic rings. The zero-order valence-electron chi connectivity index (χ0n) is 20.2. The number of carboxylic acids is 2. The number of aliphatic carboxylic acids is 2. The number of rotatable bonds is 8. The van der Waals surface area contributed by atoms with E-state index in [-0.39, 0.29) is 18.2 Å². The largest absolute Gasteiger partial charge is 0.490 e. The molecule has 14 heteroatoms. The van der Waals surface area contributed by atoms with Crippen LogP contribution >= 0.6 is 0 Å². The first-order valence-corrected chi connectivity index (χ1v) is 11.4. The van der Waals surface area contributed by atoms with Crippen molar-refractivity contribution in [3.05, 3.63) is 83.4 Å². The highest BCUT2D eigenvalue weighted by atomic mass is 19.4. The molecular weight excluding hydrogens is 526 g/mol. The monoisotopic (exact) mass is 549 g/mol. The van der Waals surface area contributed by atoms with Gasteiger partial charge in [0.05, 0.1) is 18.7 Å². The van der Waals surface area contributed by atoms with Crippen LogP contribution in [0, 0.1) is 5.82 Å². The fourth-order valence-electron chi connectivity index (χ4n) is 3.34. The van der Waals surface area contributed by atoms with Crippen molar-refractivity contribution in [2.75, 3.05) is 13.1 Å². The van der Waals surface area contributed by atoms with Crippen molar-refractivity contribution in [1.82, 2.24) is 20.6 Å². The fourth-order valence-corrected chi connectivity index (χ4v) is 3.34. The third-order valence-electron chi connectivity index (χ3n) is 5.17. The Morgan fingerprint density at radius 1 is 1.05 bits per heavy atom. The molecule has 1 aromatic heterocycles. The molecule has 3 aromatic rings. The molecule has 4 rings (SSSR count). The molecule has 2 heterocycles. The zero-order chi connectivity index (χ0) is 28.4. The second kappa shape index (κ2) is 13.2. The van der Waals surface area contributed by atoms with E-state index < -0.39 is 24.0 Å². The third kappa shape index (κ3) is 9.25. The van der Waals surface area contributed by atoms with E-state index in [1.54, 1.807) is 18.2 Å². The van der Waals surface area contributed by atoms with E-state index in [9.17, 15) is 27.5 Å². The first-order valence-electron chi connectivity index (χ1n) is 11.4. The minimum Gasteiger partial charge on any atom is -0.481 e. The highest BCUT2D eigenvalue weighted by Gasteiger charge is 2.38. The van der Waals surface area contributed by atoms with Crippen LogP contribution in [0.1, 0.15) is 29.2 Å². The maximum absolute atomic E-state index is 13.3. The average molecular weight is 549 g/mol. The summed E-state index contributed by atoms with van der Waals surface area (Å²) in [5.41, 5.74) is 2.19. The summed E-state index contributed by atoms with van der Waals surface area (Å²) in [6.45, 7) is 2.26. The molecule has 206 valence electrons. The molecule has 0 radical (unpaired) electrons. The van der Waals surface area contributed by atoms with Gasteiger partial charge in [-0.15, -0.1) is 0 Å². The normalized spacial score (nSPS) is 13.3. The van der Waals surface area contributed by atoms with Gasteiger partial charge in [-0.3, -0.25) is 9.79 Å². The van der Waals surface area contributed by atoms with E-state index in [0.29, 0.717) is 23.6 Å². The molecule has 39 heavy (non-hydrogen) atoms. The summed E-state index contributed by atoms with van der Waals surface area (Å²) in [5, 5.41) is 22.8. The van der Waals surface area contributed by atoms with E-state index in [1.165, 1.54) is 18.3 Å². The lowest BCUT2D eigenvalue weighted by Gasteiger charge is -2.15. The molecule has 10 nitrogen and oxygen atoms in total. The quantitative estimate of drug-likeness (QED) is 0.309. The van der Waals surface area contributed by atoms with Gasteiger partial charge in [0.1, 0.15) is 11.6 Å². The van der Waals surface area contributed by atoms with Gasteiger partial charge in [0.2, 0.25) is 0 Å². The van der Waals surface area contributed by atoms with E-state index in [1.807, 2.05) is 24.3 Å². The lowest BCUT2D eigenvalue weighted by atomic mass is 9.92. The maximum Gasteiger partial charge on any atom is 0.490 e. The van der Waals surface area contributed by atoms with Crippen LogP contribution in [0.25, 0.3) is 0 Å². The van der Waals surface area contributed by atoms with Gasteiger partial charge in [-0.05, 0) is 41.5 Å². The summed E-state index contributed by atoms with van der Waals surface area (Å²) < 4.78 is 50.8. The smallest absolute Gasteiger partial charge is 0.481 e. The molecule has 1 aliphatic heterocycles. The minimum absolute atomic E-state index is 0.107. The Bertz CT molecular complexity index is 1300. The van der Waals surface area contributed by atoms with Crippen LogP contribution in [0.2, 0.25) is 0 Å². The summed E-state index contributed by atoms with van der Waals surface area (Å²) in [6, 6.07) is 14.9. The number of aromatic nitrogens is 2. The molecule has 0 saturated heterocycles. The number of halogens is 4. The van der Waals surface area contributed by atoms with Gasteiger partial charge in [-0.1, -0.05) is 24.3 Å². The number of benzene rings is 2. The Morgan fingerprint density at radius 2 is 1.72 bits per heavy atom. The number of nitrogens with zero attached hydrogens (tertiary/aromatic N) is 3. The second-order valence-electron chi connectivity index (χ2n) is 8.03. The Morgan fingerprint density at radius 3 is 2.28 bits per heavy atom. The number of aliphatic imine (C=N–C) groups is 1. The average Bonchev–Trinajstić information content (AvgIpc) is 3.41. The van der Waals surface area contributed by atoms with Crippen LogP contribution in [-0.2, 0) is 16.1 Å². The van der Waals surface area contributed by atoms with Gasteiger partial charge in [0.25, 0.3) is 0 Å². The van der Waals surface area contributed by atoms with E-state index in [2.05, 4.69) is 25.6 Å². The van der Waals surface area contributed by atoms with Crippen LogP contribution in [0.4, 0.5) is 17.6 Å². The minimum atomic E-state index is -5.08. The second-order valence-corrected chi connectivity index (χ2v) is 8.03. The maximum atomic E-state index is 13.3. The number of carbonyl (C=O) groups is 2. The van der Waals surface area contributed by atoms with Crippen LogP contribution < -0.4 is 15.4 Å². The van der Waals surface area contributed by atoms with Gasteiger partial charge in [-0.2, -0.15) is 18.2 Å². The van der Waals surface area contributed by atoms with Gasteiger partial charge < -0.3 is 25.6 Å². The van der Waals surface area contributed by atoms with Crippen molar-refractivity contribution in [3.8, 4) is 11.8 Å². The predicted molar refractivity (Wildman–Crippen MR) is 130 cm³/mol. The van der Waals surface area contributed by atoms with Crippen molar-refractivity contribution in [1.29, 1.82) is 0 Å². The molecule has 2 aromatic carbocycles. The van der Waals surface area contributed by atoms with Crippen molar-refractivity contribution >= 4 is 17.9 Å². The summed E-state index contributed by atoms with van der Waals surface area (Å²) in [6.07, 6.45) is -3.76. The standard InChI is InChI=1S/C23H22FN5O3.C2HF3O2/c24-17-5-3-16(4-6-17)19(13-21(30)31)20-9-10-27-23(29-20)32-18-7-1-15(2-8-18)14-28-22-25-11-12-26-22;3-2(4,5)1(6)7/h1-10,19H,11-14H2,(H,30,31)(H2,25,26,28);(H,6,7). The number of ether oxygens (including phenoxy) is 1. The number of hydrogen-bond acceptors (Lipinski definition) is 8. The molecule has 1 atom stereocenters. The Labute approximate surface area is 219 Å². The first-order chi connectivity index (χ1) is 18.5. The molecule has 0 amide bonds. The van der Waals surface area contributed by atoms with Gasteiger partial charge >= 0.3 is 24.1 Å². The van der Waals surface area contributed by atoms with Crippen molar-refractivity contribution < 1.29 is 42.1 Å². The molecule has 1 unspecified atom stereocenters. The molecule has 0 saturated carbocycles. The van der Waals surface area contributed by atoms with Crippen molar-refractivity contribution in [2.45, 2.75) is 25.1 Å². The summed E-state index contributed by atoms with van der Waals surface area (Å²) in [5.74, 6) is -3.33. The van der Waals surface area contributed by atoms with Crippen molar-refractivity contribution in [2.24, 2.45) is 4.99 Å². The van der Waals surface area contributed by atoms with Crippen LogP contribution in [-0.4, -0.2) is 57.3 Å². The number of hydrogen-bond donors (Lipinski definition) is 4. The molecule has 4 N–H and O–H groups in total. The fraction of sp³-hybridized carbons (Fsp3) is 0.240. The van der Waals surface area contributed by atoms with E-state index in [0.717, 1.165) is 24.6 Å². The van der Waals surface area contributed by atoms with Crippen LogP contribution in [0.15, 0.2) is 65.8 Å². The highest BCUT2D eigenvalue weighted by molar-refractivity contribution is 5.81. The van der Waals surface area contributed by atoms with Gasteiger partial charge in [0, 0.05) is 25.2 Å². The Hall–Kier alpha value is -4.75. The highest BCUT2D eigenvalue weighted by Crippen LogP contribution is 2.28. The molecule has 0 fully saturated rings. The molecule has 0 aliphatic carbocycles. The lowest BCUT2D eigenvalue weighted by molar-refractivity contribution is -0.192. The Balaban J connectivity index is 0.000000532. The number of alkyl halides is 3. The Kier molecular flexibility index (Phi) is 9.73. The third-order valence-corrected chi connectivity index (χ3v) is 5.17. The van der Waals surface area contributed by atoms with E-state index in [4.69, 9.17) is 14.6 Å². The van der Waals surface area contributed by atoms with Crippen LogP contribution in [0.5, 0.6) is 11.8 Å². The molecule has 0 bridgehead atoms. The zero-order valence-corrected chi connectivity index (χ0v) is 20.2. The number of nitrogens with one attached hydrogen (secondary N) is 2. The topological polar surface area (TPSA) is 146 Å². The SMILES string of the molecule is O=C(O)C(F)(F)F.O=C(O)CC(c1ccc(F)cc1)c1ccnc(Oc2ccc(CNC3=NCCN3)cc2)n1. The van der Waals surface area contributed by atoms with Crippen LogP contribution in [0.3, 0.4) is 0 Å². The van der Waals surface area contributed by atoms with E-state index >= 15 is 0 Å². The molecular formula is C25H23F4N5O5. The summed E-state index contributed by atoms with van der Waals surface area (Å²) in [4.78, 5) is 33.1. The lowest BCUT2D eigenvalue weighted by Crippen LogP contribution is -2.33. The summed E-state index contributed by atoms with van der Waals surface area (Å²) >= 11 is 0. The number of guanidine groups is 1. The van der Waals surface area contributed by atoms with Gasteiger partial charge in [0.15, 0.2) is 5.96 Å². The van der Waals surface area contributed by atoms with Gasteiger partial charge in [-0.25, -0.2) is 14.2 Å². The molecule has 0 spiro atoms. The number of carboxylic acid groups (broad SMARTS) is 2. The summed E-state index contributed by atoms with van der Waals surface area (Å²) in [7, 11) is 0.